The maximum atomic E-state index is 10.3. The summed E-state index contributed by atoms with van der Waals surface area (Å²) in [7, 11) is 0. The zero-order chi connectivity index (χ0) is 20.5. The largest absolute Gasteiger partial charge is 0.481 e. The number of rotatable bonds is 6. The van der Waals surface area contributed by atoms with Gasteiger partial charge in [0.05, 0.1) is 6.42 Å². The molecule has 0 spiro atoms. The number of ketones is 2. The van der Waals surface area contributed by atoms with Crippen LogP contribution in [0.1, 0.15) is 80.1 Å². The molecular formula is C21H32O4W3. The Morgan fingerprint density at radius 3 is 1.29 bits per heavy atom. The first-order valence-electron chi connectivity index (χ1n) is 8.25. The van der Waals surface area contributed by atoms with Gasteiger partial charge in [-0.05, 0) is 27.7 Å². The first-order chi connectivity index (χ1) is 11.8. The minimum absolute atomic E-state index is 0. The van der Waals surface area contributed by atoms with E-state index in [0.29, 0.717) is 32.1 Å². The van der Waals surface area contributed by atoms with Gasteiger partial charge in [0.25, 0.3) is 0 Å². The maximum absolute atomic E-state index is 10.3. The monoisotopic (exact) mass is 900 g/mol. The number of hydrogen-bond acceptors (Lipinski definition) is 3. The van der Waals surface area contributed by atoms with Crippen LogP contribution < -0.4 is 0 Å². The number of Topliss-reactive ketones (excluding diaryl/α,β-unsaturated/α-hetero) is 2. The second-order valence-corrected chi connectivity index (χ2v) is 4.36. The van der Waals surface area contributed by atoms with Gasteiger partial charge in [0.2, 0.25) is 0 Å². The number of carboxylic acid groups (broad SMARTS) is 1. The molecule has 1 N–H and O–H groups in total. The summed E-state index contributed by atoms with van der Waals surface area (Å²) >= 11 is 0. The van der Waals surface area contributed by atoms with Crippen molar-refractivity contribution in [1.29, 1.82) is 0 Å². The molecule has 28 heavy (non-hydrogen) atoms. The smallest absolute Gasteiger partial charge is 0.304 e. The van der Waals surface area contributed by atoms with E-state index >= 15 is 0 Å². The van der Waals surface area contributed by atoms with E-state index in [9.17, 15) is 14.4 Å². The molecule has 0 unspecified atom stereocenters. The first-order valence-corrected chi connectivity index (χ1v) is 8.25. The van der Waals surface area contributed by atoms with E-state index < -0.39 is 5.97 Å². The van der Waals surface area contributed by atoms with Gasteiger partial charge in [0.15, 0.2) is 0 Å². The van der Waals surface area contributed by atoms with Gasteiger partial charge in [-0.25, -0.2) is 0 Å². The zero-order valence-electron chi connectivity index (χ0n) is 17.7. The Hall–Kier alpha value is -0.445. The predicted octanol–water partition coefficient (Wildman–Crippen LogP) is 4.26. The molecule has 0 radical (unpaired) electrons. The van der Waals surface area contributed by atoms with E-state index in [1.54, 1.807) is 20.8 Å². The summed E-state index contributed by atoms with van der Waals surface area (Å²) in [5.74, 6) is 12.8. The van der Waals surface area contributed by atoms with Crippen LogP contribution in [0.3, 0.4) is 0 Å². The topological polar surface area (TPSA) is 71.4 Å². The van der Waals surface area contributed by atoms with Crippen LogP contribution in [0.25, 0.3) is 0 Å². The Labute approximate surface area is 214 Å². The normalized spacial score (nSPS) is 6.18. The minimum Gasteiger partial charge on any atom is -0.481 e. The predicted molar refractivity (Wildman–Crippen MR) is 104 cm³/mol. The summed E-state index contributed by atoms with van der Waals surface area (Å²) < 4.78 is 0. The Balaban J connectivity index is -0.0000000430. The van der Waals surface area contributed by atoms with Gasteiger partial charge in [-0.2, -0.15) is 0 Å². The average Bonchev–Trinajstić information content (AvgIpc) is 2.56. The molecule has 4 nitrogen and oxygen atoms in total. The molecule has 0 aliphatic carbocycles. The molecule has 158 valence electrons. The van der Waals surface area contributed by atoms with Crippen LogP contribution in [0.4, 0.5) is 0 Å². The number of carbonyl (C=O) groups excluding carboxylic acids is 2. The Morgan fingerprint density at radius 2 is 1.07 bits per heavy atom. The molecule has 0 aromatic carbocycles. The Kier molecular flexibility index (Phi) is 74.5. The average molecular weight is 900 g/mol. The minimum atomic E-state index is -0.784. The fourth-order valence-corrected chi connectivity index (χ4v) is 0.906. The van der Waals surface area contributed by atoms with Crippen LogP contribution in [-0.2, 0) is 77.6 Å². The van der Waals surface area contributed by atoms with Crippen molar-refractivity contribution in [3.05, 3.63) is 0 Å². The molecule has 0 aliphatic heterocycles. The third kappa shape index (κ3) is 83.9. The second kappa shape index (κ2) is 45.4. The SMILES string of the molecule is C#CCCC(C)=O.CC.CC#CCCC(=O)O.CC#CCCC(C)=O.[W].[W].[W]. The van der Waals surface area contributed by atoms with E-state index in [0.717, 1.165) is 0 Å². The molecule has 0 saturated heterocycles. The molecule has 7 heteroatoms. The Morgan fingerprint density at radius 1 is 0.750 bits per heavy atom. The first kappa shape index (κ1) is 46.0. The van der Waals surface area contributed by atoms with E-state index in [1.807, 2.05) is 13.8 Å². The molecule has 0 aliphatic rings. The Bertz CT molecular complexity index is 482. The van der Waals surface area contributed by atoms with Crippen LogP contribution >= 0.6 is 0 Å². The molecule has 0 rings (SSSR count). The van der Waals surface area contributed by atoms with Crippen LogP contribution in [0.2, 0.25) is 0 Å². The van der Waals surface area contributed by atoms with Crippen molar-refractivity contribution in [2.45, 2.75) is 80.1 Å². The van der Waals surface area contributed by atoms with Gasteiger partial charge in [0, 0.05) is 95.3 Å². The van der Waals surface area contributed by atoms with Gasteiger partial charge in [0.1, 0.15) is 11.6 Å². The molecule has 0 aromatic rings. The molecule has 0 bridgehead atoms. The zero-order valence-corrected chi connectivity index (χ0v) is 26.5. The van der Waals surface area contributed by atoms with Crippen LogP contribution in [0.5, 0.6) is 0 Å². The number of aliphatic carboxylic acids is 1. The molecule has 0 amide bonds. The summed E-state index contributed by atoms with van der Waals surface area (Å²) in [5, 5.41) is 8.07. The maximum Gasteiger partial charge on any atom is 0.304 e. The van der Waals surface area contributed by atoms with Crippen molar-refractivity contribution in [2.75, 3.05) is 0 Å². The number of hydrogen-bond donors (Lipinski definition) is 1. The van der Waals surface area contributed by atoms with Crippen LogP contribution in [-0.4, -0.2) is 22.6 Å². The number of carboxylic acids is 1. The van der Waals surface area contributed by atoms with Crippen molar-refractivity contribution in [3.8, 4) is 36.0 Å². The molecular weight excluding hydrogens is 868 g/mol. The molecule has 0 saturated carbocycles. The van der Waals surface area contributed by atoms with E-state index in [4.69, 9.17) is 11.5 Å². The third-order valence-corrected chi connectivity index (χ3v) is 2.04. The van der Waals surface area contributed by atoms with Gasteiger partial charge < -0.3 is 5.11 Å². The number of carbonyl (C=O) groups is 3. The fraction of sp³-hybridized carbons (Fsp3) is 0.571. The van der Waals surface area contributed by atoms with Crippen molar-refractivity contribution in [3.63, 3.8) is 0 Å². The van der Waals surface area contributed by atoms with Gasteiger partial charge >= 0.3 is 5.97 Å². The van der Waals surface area contributed by atoms with Crippen molar-refractivity contribution in [2.24, 2.45) is 0 Å². The standard InChI is InChI=1S/C7H10O.C6H8O2.C6H8O.C2H6.3W/c1-3-4-5-6-7(2)8;1-2-3-4-5-6(7)8;1-3-4-5-6(2)7;1-2;;;/h5-6H2,1-2H3;4-5H2,1H3,(H,7,8);1H,4-5H2,2H3;1-2H3;;;. The third-order valence-electron chi connectivity index (χ3n) is 2.04. The summed E-state index contributed by atoms with van der Waals surface area (Å²) in [6.45, 7) is 10.6. The van der Waals surface area contributed by atoms with Gasteiger partial charge in [-0.3, -0.25) is 14.4 Å². The van der Waals surface area contributed by atoms with Crippen LogP contribution in [0, 0.1) is 36.0 Å². The van der Waals surface area contributed by atoms with E-state index in [2.05, 4.69) is 29.6 Å². The number of terminal acetylenes is 1. The quantitative estimate of drug-likeness (QED) is 0.406. The van der Waals surface area contributed by atoms with Crippen molar-refractivity contribution >= 4 is 17.5 Å². The fourth-order valence-electron chi connectivity index (χ4n) is 0.906. The van der Waals surface area contributed by atoms with Gasteiger partial charge in [-0.1, -0.05) is 13.8 Å². The molecule has 0 heterocycles. The summed E-state index contributed by atoms with van der Waals surface area (Å²) in [6.07, 6.45) is 7.91. The molecule has 0 aromatic heterocycles. The van der Waals surface area contributed by atoms with Crippen molar-refractivity contribution in [1.82, 2.24) is 0 Å². The van der Waals surface area contributed by atoms with Crippen LogP contribution in [0.15, 0.2) is 0 Å². The van der Waals surface area contributed by atoms with E-state index in [-0.39, 0.29) is 81.2 Å². The second-order valence-electron chi connectivity index (χ2n) is 4.36. The summed E-state index contributed by atoms with van der Waals surface area (Å²) in [4.78, 5) is 30.2. The molecule has 0 atom stereocenters. The summed E-state index contributed by atoms with van der Waals surface area (Å²) in [6, 6.07) is 0. The molecule has 0 fully saturated rings. The van der Waals surface area contributed by atoms with Crippen molar-refractivity contribution < 1.29 is 82.7 Å². The van der Waals surface area contributed by atoms with E-state index in [1.165, 1.54) is 6.92 Å². The van der Waals surface area contributed by atoms with Gasteiger partial charge in [-0.15, -0.1) is 36.0 Å². The summed E-state index contributed by atoms with van der Waals surface area (Å²) in [5.41, 5.74) is 0.